The molecule has 8 nitrogen and oxygen atoms in total. The summed E-state index contributed by atoms with van der Waals surface area (Å²) in [6, 6.07) is 3.44. The lowest BCUT2D eigenvalue weighted by Gasteiger charge is -2.13. The van der Waals surface area contributed by atoms with Crippen LogP contribution in [0.4, 0.5) is 10.8 Å². The van der Waals surface area contributed by atoms with Gasteiger partial charge in [-0.2, -0.15) is 4.98 Å². The Morgan fingerprint density at radius 1 is 1.31 bits per heavy atom. The first-order chi connectivity index (χ1) is 15.4. The maximum Gasteiger partial charge on any atom is 0.273 e. The molecule has 1 saturated heterocycles. The normalized spacial score (nSPS) is 13.7. The number of methoxy groups -OCH3 is 1. The quantitative estimate of drug-likeness (QED) is 0.390. The van der Waals surface area contributed by atoms with Gasteiger partial charge in [0.15, 0.2) is 15.9 Å². The Hall–Kier alpha value is -2.30. The molecule has 4 rings (SSSR count). The second-order valence-electron chi connectivity index (χ2n) is 7.43. The summed E-state index contributed by atoms with van der Waals surface area (Å²) in [5.41, 5.74) is 1.72. The summed E-state index contributed by atoms with van der Waals surface area (Å²) in [5, 5.41) is 4.74. The molecule has 170 valence electrons. The summed E-state index contributed by atoms with van der Waals surface area (Å²) in [7, 11) is 1.52. The van der Waals surface area contributed by atoms with Crippen LogP contribution in [0.1, 0.15) is 25.3 Å². The number of hydrogen-bond donors (Lipinski definition) is 1. The molecular formula is C21H24ClN5O3S2. The zero-order valence-electron chi connectivity index (χ0n) is 18.1. The summed E-state index contributed by atoms with van der Waals surface area (Å²) in [5.74, 6) is 0.343. The Balaban J connectivity index is 1.54. The maximum atomic E-state index is 13.0. The van der Waals surface area contributed by atoms with E-state index in [0.717, 1.165) is 36.6 Å². The first-order valence-electron chi connectivity index (χ1n) is 10.3. The average Bonchev–Trinajstić information content (AvgIpc) is 3.44. The first kappa shape index (κ1) is 22.9. The number of benzene rings is 1. The lowest BCUT2D eigenvalue weighted by molar-refractivity contribution is -0.113. The summed E-state index contributed by atoms with van der Waals surface area (Å²) >= 11 is 8.75. The molecule has 3 heterocycles. The summed E-state index contributed by atoms with van der Waals surface area (Å²) in [4.78, 5) is 37.1. The molecule has 0 aliphatic carbocycles. The number of ether oxygens (including phenoxy) is 1. The predicted octanol–water partition coefficient (Wildman–Crippen LogP) is 4.17. The highest BCUT2D eigenvalue weighted by molar-refractivity contribution is 7.99. The molecule has 11 heteroatoms. The predicted molar refractivity (Wildman–Crippen MR) is 131 cm³/mol. The average molecular weight is 494 g/mol. The number of nitrogens with one attached hydrogen (secondary N) is 1. The Morgan fingerprint density at radius 3 is 2.75 bits per heavy atom. The van der Waals surface area contributed by atoms with Crippen molar-refractivity contribution in [1.29, 1.82) is 0 Å². The molecule has 0 unspecified atom stereocenters. The van der Waals surface area contributed by atoms with Crippen LogP contribution < -0.4 is 20.5 Å². The van der Waals surface area contributed by atoms with Crippen molar-refractivity contribution in [2.75, 3.05) is 36.2 Å². The summed E-state index contributed by atoms with van der Waals surface area (Å²) in [6.45, 7) is 6.12. The fourth-order valence-electron chi connectivity index (χ4n) is 3.56. The van der Waals surface area contributed by atoms with Crippen LogP contribution >= 0.6 is 34.7 Å². The van der Waals surface area contributed by atoms with E-state index in [9.17, 15) is 9.59 Å². The minimum absolute atomic E-state index is 0.0892. The number of anilines is 2. The number of aromatic nitrogens is 3. The molecule has 2 aromatic heterocycles. The van der Waals surface area contributed by atoms with Crippen molar-refractivity contribution in [2.45, 2.75) is 38.4 Å². The van der Waals surface area contributed by atoms with Crippen molar-refractivity contribution in [3.8, 4) is 5.75 Å². The van der Waals surface area contributed by atoms with E-state index in [2.05, 4.69) is 20.2 Å². The van der Waals surface area contributed by atoms with Gasteiger partial charge in [0, 0.05) is 30.7 Å². The zero-order chi connectivity index (χ0) is 22.8. The van der Waals surface area contributed by atoms with Crippen LogP contribution in [-0.4, -0.2) is 46.4 Å². The molecular weight excluding hydrogens is 470 g/mol. The van der Waals surface area contributed by atoms with Gasteiger partial charge >= 0.3 is 0 Å². The van der Waals surface area contributed by atoms with Crippen molar-refractivity contribution in [2.24, 2.45) is 0 Å². The molecule has 1 N–H and O–H groups in total. The number of carbonyl (C=O) groups excluding carboxylic acids is 1. The maximum absolute atomic E-state index is 13.0. The number of thiazole rings is 1. The van der Waals surface area contributed by atoms with E-state index >= 15 is 0 Å². The van der Waals surface area contributed by atoms with Crippen molar-refractivity contribution < 1.29 is 9.53 Å². The molecule has 32 heavy (non-hydrogen) atoms. The van der Waals surface area contributed by atoms with E-state index < -0.39 is 0 Å². The number of rotatable bonds is 7. The van der Waals surface area contributed by atoms with Crippen LogP contribution in [0.15, 0.2) is 22.1 Å². The van der Waals surface area contributed by atoms with Gasteiger partial charge < -0.3 is 15.0 Å². The van der Waals surface area contributed by atoms with Crippen LogP contribution in [0.25, 0.3) is 10.3 Å². The molecule has 3 aromatic rings. The van der Waals surface area contributed by atoms with Gasteiger partial charge in [0.2, 0.25) is 5.91 Å². The molecule has 0 atom stereocenters. The third-order valence-electron chi connectivity index (χ3n) is 5.25. The first-order valence-corrected chi connectivity index (χ1v) is 12.5. The van der Waals surface area contributed by atoms with Gasteiger partial charge in [-0.3, -0.25) is 14.2 Å². The molecule has 1 aliphatic rings. The van der Waals surface area contributed by atoms with E-state index in [1.54, 1.807) is 16.7 Å². The largest absolute Gasteiger partial charge is 0.495 e. The van der Waals surface area contributed by atoms with Gasteiger partial charge in [0.05, 0.1) is 18.6 Å². The van der Waals surface area contributed by atoms with E-state index in [0.29, 0.717) is 38.5 Å². The van der Waals surface area contributed by atoms with Crippen LogP contribution in [0, 0.1) is 6.92 Å². The fourth-order valence-corrected chi connectivity index (χ4v) is 5.57. The van der Waals surface area contributed by atoms with Gasteiger partial charge in [-0.1, -0.05) is 34.7 Å². The number of fused-ring (bicyclic) bond motifs is 1. The molecule has 0 bridgehead atoms. The van der Waals surface area contributed by atoms with Gasteiger partial charge in [-0.05, 0) is 38.3 Å². The third-order valence-corrected chi connectivity index (χ3v) is 7.73. The number of amides is 1. The van der Waals surface area contributed by atoms with Crippen LogP contribution in [0.2, 0.25) is 5.02 Å². The van der Waals surface area contributed by atoms with Gasteiger partial charge in [0.1, 0.15) is 10.4 Å². The van der Waals surface area contributed by atoms with Crippen LogP contribution in [0.5, 0.6) is 5.75 Å². The minimum Gasteiger partial charge on any atom is -0.495 e. The molecule has 0 radical (unpaired) electrons. The highest BCUT2D eigenvalue weighted by Gasteiger charge is 2.21. The third kappa shape index (κ3) is 4.57. The van der Waals surface area contributed by atoms with Crippen molar-refractivity contribution in [1.82, 2.24) is 14.5 Å². The number of aryl methyl sites for hydroxylation is 1. The van der Waals surface area contributed by atoms with E-state index in [4.69, 9.17) is 16.3 Å². The van der Waals surface area contributed by atoms with E-state index in [1.807, 2.05) is 13.8 Å². The van der Waals surface area contributed by atoms with Gasteiger partial charge in [0.25, 0.3) is 5.56 Å². The summed E-state index contributed by atoms with van der Waals surface area (Å²) in [6.07, 6.45) is 2.27. The van der Waals surface area contributed by atoms with E-state index in [-0.39, 0.29) is 17.2 Å². The molecule has 1 amide bonds. The van der Waals surface area contributed by atoms with Crippen LogP contribution in [-0.2, 0) is 11.3 Å². The topological polar surface area (TPSA) is 89.3 Å². The lowest BCUT2D eigenvalue weighted by Crippen LogP contribution is -2.23. The number of halogens is 1. The fraction of sp³-hybridized carbons (Fsp3) is 0.429. The SMILES string of the molecule is CCn1c(SCC(=O)Nc2cc(C)c(Cl)cc2OC)nc2nc(N3CCCC3)sc2c1=O. The number of hydrogen-bond acceptors (Lipinski definition) is 8. The molecule has 0 spiro atoms. The van der Waals surface area contributed by atoms with Gasteiger partial charge in [-0.25, -0.2) is 4.98 Å². The minimum atomic E-state index is -0.233. The second kappa shape index (κ2) is 9.68. The zero-order valence-corrected chi connectivity index (χ0v) is 20.5. The molecule has 1 aliphatic heterocycles. The Kier molecular flexibility index (Phi) is 6.92. The Morgan fingerprint density at radius 2 is 2.06 bits per heavy atom. The molecule has 1 aromatic carbocycles. The number of carbonyl (C=O) groups is 1. The highest BCUT2D eigenvalue weighted by Crippen LogP contribution is 2.32. The van der Waals surface area contributed by atoms with Crippen molar-refractivity contribution in [3.63, 3.8) is 0 Å². The standard InChI is InChI=1S/C21H24ClN5O3S2/c1-4-27-19(29)17-18(24-20(32-17)26-7-5-6-8-26)25-21(27)31-11-16(28)23-14-9-12(2)13(22)10-15(14)30-3/h9-10H,4-8,11H2,1-3H3,(H,23,28). The number of nitrogens with zero attached hydrogens (tertiary/aromatic N) is 4. The monoisotopic (exact) mass is 493 g/mol. The van der Waals surface area contributed by atoms with E-state index in [1.165, 1.54) is 30.2 Å². The Bertz CT molecular complexity index is 1220. The summed E-state index contributed by atoms with van der Waals surface area (Å²) < 4.78 is 7.47. The Labute approximate surface area is 198 Å². The van der Waals surface area contributed by atoms with Gasteiger partial charge in [-0.15, -0.1) is 0 Å². The van der Waals surface area contributed by atoms with Crippen LogP contribution in [0.3, 0.4) is 0 Å². The molecule has 1 fully saturated rings. The molecule has 0 saturated carbocycles. The van der Waals surface area contributed by atoms with Crippen molar-refractivity contribution >= 4 is 61.8 Å². The second-order valence-corrected chi connectivity index (χ2v) is 9.75. The number of thioether (sulfide) groups is 1. The lowest BCUT2D eigenvalue weighted by atomic mass is 10.2. The van der Waals surface area contributed by atoms with Crippen molar-refractivity contribution in [3.05, 3.63) is 33.1 Å². The smallest absolute Gasteiger partial charge is 0.273 e. The highest BCUT2D eigenvalue weighted by atomic mass is 35.5.